The fraction of sp³-hybridized carbons (Fsp3) is 0.789. The van der Waals surface area contributed by atoms with Gasteiger partial charge in [0.05, 0.1) is 12.6 Å². The van der Waals surface area contributed by atoms with Gasteiger partial charge in [-0.3, -0.25) is 14.8 Å². The third-order valence-corrected chi connectivity index (χ3v) is 7.27. The van der Waals surface area contributed by atoms with Crippen LogP contribution in [0.25, 0.3) is 0 Å². The molecule has 0 aromatic carbocycles. The van der Waals surface area contributed by atoms with Crippen molar-refractivity contribution in [2.45, 2.75) is 69.1 Å². The molecule has 4 saturated carbocycles. The molecule has 5 fully saturated rings. The van der Waals surface area contributed by atoms with Gasteiger partial charge in [0.1, 0.15) is 24.7 Å². The molecular formula is C19H26N6O. The van der Waals surface area contributed by atoms with Gasteiger partial charge >= 0.3 is 0 Å². The lowest BCUT2D eigenvalue weighted by Gasteiger charge is -2.38. The number of aromatic nitrogens is 3. The Kier molecular flexibility index (Phi) is 3.78. The number of hydrogen-bond donors (Lipinski definition) is 1. The minimum absolute atomic E-state index is 0.0603. The van der Waals surface area contributed by atoms with Gasteiger partial charge in [-0.25, -0.2) is 4.98 Å². The zero-order valence-electron chi connectivity index (χ0n) is 15.0. The highest BCUT2D eigenvalue weighted by Gasteiger charge is 2.58. The van der Waals surface area contributed by atoms with E-state index in [9.17, 15) is 10.1 Å². The molecule has 0 radical (unpaired) electrons. The van der Waals surface area contributed by atoms with Crippen molar-refractivity contribution in [3.63, 3.8) is 0 Å². The van der Waals surface area contributed by atoms with Crippen molar-refractivity contribution in [3.05, 3.63) is 12.7 Å². The van der Waals surface area contributed by atoms with Crippen LogP contribution in [0.4, 0.5) is 0 Å². The molecule has 1 amide bonds. The molecule has 1 saturated heterocycles. The second-order valence-electron chi connectivity index (χ2n) is 8.83. The van der Waals surface area contributed by atoms with Crippen LogP contribution in [0.5, 0.6) is 0 Å². The van der Waals surface area contributed by atoms with Crippen LogP contribution >= 0.6 is 0 Å². The Hall–Kier alpha value is -1.94. The summed E-state index contributed by atoms with van der Waals surface area (Å²) in [5.74, 6) is 2.44. The standard InChI is InChI=1S/C19H26N6O/c20-9-16-2-1-3-25(16)18(26)17(10-24-12-21-11-22-24)23-19-7-13-4-14(8-19)6-15(19)5-13/h11-17,23H,1-8,10H2/t13?,14?,15?,16-,17?,19?/m0/s1. The van der Waals surface area contributed by atoms with Crippen molar-refractivity contribution in [1.29, 1.82) is 5.26 Å². The lowest BCUT2D eigenvalue weighted by molar-refractivity contribution is -0.134. The number of hydrogen-bond acceptors (Lipinski definition) is 5. The molecule has 4 aliphatic carbocycles. The normalized spacial score (nSPS) is 38.7. The van der Waals surface area contributed by atoms with E-state index in [1.165, 1.54) is 38.4 Å². The quantitative estimate of drug-likeness (QED) is 0.862. The number of likely N-dealkylation sites (tertiary alicyclic amines) is 1. The molecule has 1 aromatic heterocycles. The Morgan fingerprint density at radius 3 is 2.85 bits per heavy atom. The number of nitriles is 1. The van der Waals surface area contributed by atoms with Crippen molar-refractivity contribution in [2.75, 3.05) is 6.54 Å². The van der Waals surface area contributed by atoms with E-state index in [2.05, 4.69) is 21.5 Å². The number of nitrogens with one attached hydrogen (secondary N) is 1. The van der Waals surface area contributed by atoms with Crippen molar-refractivity contribution in [1.82, 2.24) is 25.0 Å². The minimum Gasteiger partial charge on any atom is -0.325 e. The molecule has 5 aliphatic rings. The summed E-state index contributed by atoms with van der Waals surface area (Å²) in [6.45, 7) is 1.17. The van der Waals surface area contributed by atoms with Crippen molar-refractivity contribution >= 4 is 5.91 Å². The Bertz CT molecular complexity index is 711. The molecule has 4 bridgehead atoms. The van der Waals surface area contributed by atoms with Crippen LogP contribution in [0.2, 0.25) is 0 Å². The van der Waals surface area contributed by atoms with Gasteiger partial charge in [-0.2, -0.15) is 10.4 Å². The highest BCUT2D eigenvalue weighted by molar-refractivity contribution is 5.83. The number of nitrogens with zero attached hydrogens (tertiary/aromatic N) is 5. The topological polar surface area (TPSA) is 86.8 Å². The average molecular weight is 354 g/mol. The molecule has 1 aliphatic heterocycles. The molecule has 7 heteroatoms. The zero-order chi connectivity index (χ0) is 17.7. The molecule has 2 heterocycles. The summed E-state index contributed by atoms with van der Waals surface area (Å²) in [6, 6.07) is 1.69. The summed E-state index contributed by atoms with van der Waals surface area (Å²) >= 11 is 0. The van der Waals surface area contributed by atoms with Crippen LogP contribution in [0.15, 0.2) is 12.7 Å². The van der Waals surface area contributed by atoms with Gasteiger partial charge in [0.2, 0.25) is 5.91 Å². The molecule has 26 heavy (non-hydrogen) atoms. The fourth-order valence-corrected chi connectivity index (χ4v) is 6.44. The lowest BCUT2D eigenvalue weighted by Crippen LogP contribution is -2.59. The number of carbonyl (C=O) groups is 1. The third kappa shape index (κ3) is 2.54. The molecule has 3 unspecified atom stereocenters. The van der Waals surface area contributed by atoms with Crippen LogP contribution in [0, 0.1) is 29.1 Å². The van der Waals surface area contributed by atoms with Crippen LogP contribution in [-0.4, -0.2) is 49.7 Å². The number of rotatable bonds is 5. The van der Waals surface area contributed by atoms with Gasteiger partial charge in [-0.1, -0.05) is 0 Å². The summed E-state index contributed by atoms with van der Waals surface area (Å²) < 4.78 is 1.74. The maximum Gasteiger partial charge on any atom is 0.242 e. The van der Waals surface area contributed by atoms with Gasteiger partial charge in [-0.15, -0.1) is 0 Å². The predicted octanol–water partition coefficient (Wildman–Crippen LogP) is 1.33. The maximum atomic E-state index is 13.4. The van der Waals surface area contributed by atoms with Crippen molar-refractivity contribution in [2.24, 2.45) is 17.8 Å². The van der Waals surface area contributed by atoms with E-state index in [1.54, 1.807) is 15.9 Å². The van der Waals surface area contributed by atoms with Gasteiger partial charge < -0.3 is 4.90 Å². The average Bonchev–Trinajstić information content (AvgIpc) is 3.38. The van der Waals surface area contributed by atoms with E-state index in [0.717, 1.165) is 24.7 Å². The highest BCUT2D eigenvalue weighted by Crippen LogP contribution is 2.60. The summed E-state index contributed by atoms with van der Waals surface area (Å²) in [5.41, 5.74) is 0.121. The van der Waals surface area contributed by atoms with E-state index in [0.29, 0.717) is 19.0 Å². The van der Waals surface area contributed by atoms with Crippen LogP contribution in [0.1, 0.15) is 44.9 Å². The lowest BCUT2D eigenvalue weighted by atomic mass is 9.80. The Morgan fingerprint density at radius 1 is 1.35 bits per heavy atom. The third-order valence-electron chi connectivity index (χ3n) is 7.27. The Balaban J connectivity index is 1.39. The fourth-order valence-electron chi connectivity index (χ4n) is 6.44. The molecule has 0 spiro atoms. The van der Waals surface area contributed by atoms with Crippen molar-refractivity contribution in [3.8, 4) is 6.07 Å². The first-order valence-corrected chi connectivity index (χ1v) is 9.97. The van der Waals surface area contributed by atoms with E-state index < -0.39 is 0 Å². The first kappa shape index (κ1) is 16.2. The van der Waals surface area contributed by atoms with Gasteiger partial charge in [0.15, 0.2) is 0 Å². The molecule has 7 nitrogen and oxygen atoms in total. The smallest absolute Gasteiger partial charge is 0.242 e. The summed E-state index contributed by atoms with van der Waals surface area (Å²) in [5, 5.41) is 17.4. The molecule has 1 aromatic rings. The van der Waals surface area contributed by atoms with Crippen LogP contribution in [0.3, 0.4) is 0 Å². The van der Waals surface area contributed by atoms with Crippen molar-refractivity contribution < 1.29 is 4.79 Å². The largest absolute Gasteiger partial charge is 0.325 e. The summed E-state index contributed by atoms with van der Waals surface area (Å²) in [6.07, 6.45) is 11.3. The van der Waals surface area contributed by atoms with E-state index in [-0.39, 0.29) is 23.5 Å². The number of amides is 1. The minimum atomic E-state index is -0.330. The molecule has 138 valence electrons. The Morgan fingerprint density at radius 2 is 2.15 bits per heavy atom. The predicted molar refractivity (Wildman–Crippen MR) is 93.6 cm³/mol. The monoisotopic (exact) mass is 354 g/mol. The maximum absolute atomic E-state index is 13.4. The number of carbonyl (C=O) groups excluding carboxylic acids is 1. The summed E-state index contributed by atoms with van der Waals surface area (Å²) in [4.78, 5) is 19.2. The van der Waals surface area contributed by atoms with Gasteiger partial charge in [0.25, 0.3) is 0 Å². The second kappa shape index (κ2) is 6.05. The molecular weight excluding hydrogens is 328 g/mol. The second-order valence-corrected chi connectivity index (χ2v) is 8.83. The van der Waals surface area contributed by atoms with Gasteiger partial charge in [-0.05, 0) is 62.7 Å². The van der Waals surface area contributed by atoms with Crippen LogP contribution in [-0.2, 0) is 11.3 Å². The first-order valence-electron chi connectivity index (χ1n) is 9.97. The van der Waals surface area contributed by atoms with Gasteiger partial charge in [0, 0.05) is 12.1 Å². The SMILES string of the molecule is N#C[C@@H]1CCCN1C(=O)C(Cn1cncn1)NC12CC3CC(CC1C3)C2. The van der Waals surface area contributed by atoms with Crippen LogP contribution < -0.4 is 5.32 Å². The van der Waals surface area contributed by atoms with E-state index in [4.69, 9.17) is 0 Å². The zero-order valence-corrected chi connectivity index (χ0v) is 15.0. The van der Waals surface area contributed by atoms with E-state index >= 15 is 0 Å². The molecule has 6 rings (SSSR count). The Labute approximate surface area is 153 Å². The van der Waals surface area contributed by atoms with E-state index in [1.807, 2.05) is 0 Å². The highest BCUT2D eigenvalue weighted by atomic mass is 16.2. The summed E-state index contributed by atoms with van der Waals surface area (Å²) in [7, 11) is 0. The molecule has 4 atom stereocenters. The first-order chi connectivity index (χ1) is 12.7. The molecule has 1 N–H and O–H groups in total.